The van der Waals surface area contributed by atoms with Crippen molar-refractivity contribution in [1.82, 2.24) is 0 Å². The van der Waals surface area contributed by atoms with Gasteiger partial charge in [-0.05, 0) is 12.1 Å². The second-order valence-corrected chi connectivity index (χ2v) is 5.86. The van der Waals surface area contributed by atoms with Crippen molar-refractivity contribution in [3.05, 3.63) is 47.0 Å². The maximum absolute atomic E-state index is 12.3. The van der Waals surface area contributed by atoms with Crippen molar-refractivity contribution in [3.63, 3.8) is 0 Å². The van der Waals surface area contributed by atoms with Crippen molar-refractivity contribution in [3.8, 4) is 11.5 Å². The first-order chi connectivity index (χ1) is 13.0. The minimum absolute atomic E-state index is 0.170. The van der Waals surface area contributed by atoms with Gasteiger partial charge in [0.1, 0.15) is 11.5 Å². The van der Waals surface area contributed by atoms with Crippen LogP contribution in [0, 0.1) is 0 Å². The van der Waals surface area contributed by atoms with Gasteiger partial charge in [0.15, 0.2) is 0 Å². The van der Waals surface area contributed by atoms with Gasteiger partial charge in [0.25, 0.3) is 0 Å². The largest absolute Gasteiger partial charge is 0.495 e. The molecule has 0 aliphatic carbocycles. The summed E-state index contributed by atoms with van der Waals surface area (Å²) in [7, 11) is 4.29. The molecule has 144 valence electrons. The zero-order valence-corrected chi connectivity index (χ0v) is 16.1. The number of rotatable bonds is 8. The molecule has 1 amide bonds. The summed E-state index contributed by atoms with van der Waals surface area (Å²) in [5.74, 6) is 0.178. The van der Waals surface area contributed by atoms with Gasteiger partial charge >= 0.3 is 5.97 Å². The van der Waals surface area contributed by atoms with Gasteiger partial charge in [-0.15, -0.1) is 0 Å². The monoisotopic (exact) mass is 392 g/mol. The number of hydrogen-bond acceptors (Lipinski definition) is 6. The van der Waals surface area contributed by atoms with Gasteiger partial charge in [0.2, 0.25) is 5.91 Å². The van der Waals surface area contributed by atoms with E-state index in [1.165, 1.54) is 21.3 Å². The van der Waals surface area contributed by atoms with Crippen molar-refractivity contribution in [2.75, 3.05) is 38.5 Å². The Kier molecular flexibility index (Phi) is 7.31. The number of nitrogens with one attached hydrogen (secondary N) is 2. The van der Waals surface area contributed by atoms with E-state index in [-0.39, 0.29) is 12.3 Å². The zero-order chi connectivity index (χ0) is 19.8. The Labute approximate surface area is 162 Å². The van der Waals surface area contributed by atoms with Crippen LogP contribution in [-0.2, 0) is 9.53 Å². The van der Waals surface area contributed by atoms with Crippen LogP contribution in [0.25, 0.3) is 0 Å². The number of esters is 1. The third kappa shape index (κ3) is 5.27. The lowest BCUT2D eigenvalue weighted by Gasteiger charge is -2.14. The number of carbonyl (C=O) groups excluding carboxylic acids is 2. The zero-order valence-electron chi connectivity index (χ0n) is 15.3. The van der Waals surface area contributed by atoms with E-state index in [0.29, 0.717) is 40.0 Å². The van der Waals surface area contributed by atoms with Crippen molar-refractivity contribution < 1.29 is 23.8 Å². The predicted octanol–water partition coefficient (Wildman–Crippen LogP) is 3.58. The maximum Gasteiger partial charge on any atom is 0.339 e. The summed E-state index contributed by atoms with van der Waals surface area (Å²) < 4.78 is 15.1. The molecule has 0 aliphatic heterocycles. The predicted molar refractivity (Wildman–Crippen MR) is 104 cm³/mol. The van der Waals surface area contributed by atoms with Crippen LogP contribution in [0.15, 0.2) is 36.4 Å². The van der Waals surface area contributed by atoms with Gasteiger partial charge in [-0.3, -0.25) is 4.79 Å². The molecule has 7 nitrogen and oxygen atoms in total. The smallest absolute Gasteiger partial charge is 0.339 e. The summed E-state index contributed by atoms with van der Waals surface area (Å²) in [5.41, 5.74) is 1.46. The molecule has 8 heteroatoms. The van der Waals surface area contributed by atoms with E-state index in [1.54, 1.807) is 36.4 Å². The molecule has 2 N–H and O–H groups in total. The van der Waals surface area contributed by atoms with E-state index >= 15 is 0 Å². The highest BCUT2D eigenvalue weighted by Crippen LogP contribution is 2.35. The fraction of sp³-hybridized carbons (Fsp3) is 0.263. The lowest BCUT2D eigenvalue weighted by molar-refractivity contribution is -0.116. The summed E-state index contributed by atoms with van der Waals surface area (Å²) in [4.78, 5) is 24.0. The van der Waals surface area contributed by atoms with Crippen LogP contribution in [0.3, 0.4) is 0 Å². The topological polar surface area (TPSA) is 85.9 Å². The average molecular weight is 393 g/mol. The Balaban J connectivity index is 1.99. The number of benzene rings is 2. The normalized spacial score (nSPS) is 10.1. The van der Waals surface area contributed by atoms with Crippen LogP contribution in [0.2, 0.25) is 5.02 Å². The molecule has 0 fully saturated rings. The van der Waals surface area contributed by atoms with E-state index in [4.69, 9.17) is 25.8 Å². The third-order valence-electron chi connectivity index (χ3n) is 3.75. The number of halogens is 1. The van der Waals surface area contributed by atoms with Crippen LogP contribution in [0.1, 0.15) is 16.8 Å². The Morgan fingerprint density at radius 3 is 2.37 bits per heavy atom. The van der Waals surface area contributed by atoms with Gasteiger partial charge in [0.05, 0.1) is 37.6 Å². The molecule has 0 bridgehead atoms. The fourth-order valence-electron chi connectivity index (χ4n) is 2.41. The first kappa shape index (κ1) is 20.4. The fourth-order valence-corrected chi connectivity index (χ4v) is 2.64. The molecule has 0 saturated carbocycles. The molecule has 0 spiro atoms. The number of hydrogen-bond donors (Lipinski definition) is 2. The van der Waals surface area contributed by atoms with Crippen LogP contribution in [0.4, 0.5) is 11.4 Å². The highest BCUT2D eigenvalue weighted by atomic mass is 35.5. The summed E-state index contributed by atoms with van der Waals surface area (Å²) in [6.07, 6.45) is 0.170. The molecule has 2 rings (SSSR count). The van der Waals surface area contributed by atoms with Gasteiger partial charge in [-0.25, -0.2) is 4.79 Å². The molecule has 0 saturated heterocycles. The Morgan fingerprint density at radius 2 is 1.70 bits per heavy atom. The molecule has 27 heavy (non-hydrogen) atoms. The third-order valence-corrected chi connectivity index (χ3v) is 4.04. The number of ether oxygens (including phenoxy) is 3. The first-order valence-corrected chi connectivity index (χ1v) is 8.50. The van der Waals surface area contributed by atoms with Gasteiger partial charge in [-0.1, -0.05) is 23.7 Å². The highest BCUT2D eigenvalue weighted by Gasteiger charge is 2.14. The van der Waals surface area contributed by atoms with Gasteiger partial charge < -0.3 is 24.8 Å². The highest BCUT2D eigenvalue weighted by molar-refractivity contribution is 6.32. The second-order valence-electron chi connectivity index (χ2n) is 5.45. The summed E-state index contributed by atoms with van der Waals surface area (Å²) >= 11 is 6.06. The number of methoxy groups -OCH3 is 3. The SMILES string of the molecule is COC(=O)c1ccccc1NCCC(=O)Nc1cc(OC)c(Cl)cc1OC. The van der Waals surface area contributed by atoms with Crippen LogP contribution < -0.4 is 20.1 Å². The molecular weight excluding hydrogens is 372 g/mol. The molecular formula is C19H21ClN2O5. The minimum Gasteiger partial charge on any atom is -0.495 e. The van der Waals surface area contributed by atoms with E-state index in [0.717, 1.165) is 0 Å². The molecule has 0 aliphatic rings. The van der Waals surface area contributed by atoms with Crippen molar-refractivity contribution >= 4 is 34.9 Å². The molecule has 2 aromatic rings. The Hall–Kier alpha value is -2.93. The molecule has 0 aromatic heterocycles. The van der Waals surface area contributed by atoms with E-state index in [2.05, 4.69) is 10.6 Å². The number of amides is 1. The van der Waals surface area contributed by atoms with Crippen LogP contribution >= 0.6 is 11.6 Å². The number of carbonyl (C=O) groups is 2. The van der Waals surface area contributed by atoms with Crippen molar-refractivity contribution in [2.24, 2.45) is 0 Å². The quantitative estimate of drug-likeness (QED) is 0.668. The maximum atomic E-state index is 12.3. The summed E-state index contributed by atoms with van der Waals surface area (Å²) in [5, 5.41) is 6.21. The lowest BCUT2D eigenvalue weighted by Crippen LogP contribution is -2.17. The van der Waals surface area contributed by atoms with E-state index < -0.39 is 5.97 Å². The lowest BCUT2D eigenvalue weighted by atomic mass is 10.1. The number of para-hydroxylation sites is 1. The van der Waals surface area contributed by atoms with Crippen LogP contribution in [0.5, 0.6) is 11.5 Å². The number of anilines is 2. The molecule has 0 atom stereocenters. The Bertz CT molecular complexity index is 826. The van der Waals surface area contributed by atoms with Gasteiger partial charge in [-0.2, -0.15) is 0 Å². The molecule has 0 unspecified atom stereocenters. The molecule has 0 heterocycles. The first-order valence-electron chi connectivity index (χ1n) is 8.12. The molecule has 2 aromatic carbocycles. The van der Waals surface area contributed by atoms with Crippen molar-refractivity contribution in [1.29, 1.82) is 0 Å². The Morgan fingerprint density at radius 1 is 1.00 bits per heavy atom. The van der Waals surface area contributed by atoms with E-state index in [1.807, 2.05) is 0 Å². The second kappa shape index (κ2) is 9.68. The molecule has 0 radical (unpaired) electrons. The minimum atomic E-state index is -0.444. The summed E-state index contributed by atoms with van der Waals surface area (Å²) in [6, 6.07) is 10.1. The summed E-state index contributed by atoms with van der Waals surface area (Å²) in [6.45, 7) is 0.326. The van der Waals surface area contributed by atoms with Crippen LogP contribution in [-0.4, -0.2) is 39.8 Å². The van der Waals surface area contributed by atoms with E-state index in [9.17, 15) is 9.59 Å². The van der Waals surface area contributed by atoms with Crippen molar-refractivity contribution in [2.45, 2.75) is 6.42 Å². The average Bonchev–Trinajstić information content (AvgIpc) is 2.68. The standard InChI is InChI=1S/C19H21ClN2O5/c1-25-16-11-15(17(26-2)10-13(16)20)22-18(23)8-9-21-14-7-5-4-6-12(14)19(24)27-3/h4-7,10-11,21H,8-9H2,1-3H3,(H,22,23). The van der Waals surface area contributed by atoms with Gasteiger partial charge in [0, 0.05) is 30.8 Å².